The number of allylic oxidation sites excluding steroid dienone is 13. The fourth-order valence-electron chi connectivity index (χ4n) is 7.55. The van der Waals surface area contributed by atoms with Gasteiger partial charge < -0.3 is 19.4 Å². The molecule has 0 aliphatic heterocycles. The maximum Gasteiger partial charge on any atom is 0.472 e. The summed E-state index contributed by atoms with van der Waals surface area (Å²) in [6, 6.07) is -0.889. The predicted molar refractivity (Wildman–Crippen MR) is 295 cm³/mol. The molecule has 0 heterocycles. The molecule has 69 heavy (non-hydrogen) atoms. The Kier molecular flexibility index (Phi) is 46.8. The number of phosphoric acid groups is 1. The first-order valence-corrected chi connectivity index (χ1v) is 29.4. The number of hydrogen-bond acceptors (Lipinski definition) is 6. The maximum absolute atomic E-state index is 13.4. The van der Waals surface area contributed by atoms with E-state index in [1.807, 2.05) is 39.4 Å². The van der Waals surface area contributed by atoms with E-state index < -0.39 is 20.0 Å². The molecule has 0 radical (unpaired) electrons. The zero-order chi connectivity index (χ0) is 50.8. The third-order valence-electron chi connectivity index (χ3n) is 11.9. The molecule has 0 aliphatic rings. The van der Waals surface area contributed by atoms with Crippen molar-refractivity contribution in [3.63, 3.8) is 0 Å². The number of carbonyl (C=O) groups is 2. The zero-order valence-corrected chi connectivity index (χ0v) is 46.2. The van der Waals surface area contributed by atoms with Crippen molar-refractivity contribution in [2.45, 2.75) is 238 Å². The minimum absolute atomic E-state index is 0.0243. The van der Waals surface area contributed by atoms with E-state index in [1.54, 1.807) is 0 Å². The molecule has 0 aromatic rings. The molecule has 0 saturated carbocycles. The van der Waals surface area contributed by atoms with Gasteiger partial charge in [0.2, 0.25) is 5.91 Å². The number of carbonyl (C=O) groups excluding carboxylic acids is 2. The maximum atomic E-state index is 13.4. The molecule has 0 aromatic heterocycles. The van der Waals surface area contributed by atoms with Crippen LogP contribution in [0.15, 0.2) is 85.1 Å². The van der Waals surface area contributed by atoms with E-state index in [9.17, 15) is 19.0 Å². The molecular weight excluding hydrogens is 880 g/mol. The number of esters is 1. The molecule has 398 valence electrons. The van der Waals surface area contributed by atoms with Gasteiger partial charge in [0.25, 0.3) is 0 Å². The van der Waals surface area contributed by atoms with E-state index in [4.69, 9.17) is 13.8 Å². The number of nitrogens with one attached hydrogen (secondary N) is 1. The summed E-state index contributed by atoms with van der Waals surface area (Å²) >= 11 is 0. The molecular formula is C59H106N2O7P+. The second kappa shape index (κ2) is 48.8. The molecule has 9 nitrogen and oxygen atoms in total. The number of unbranched alkanes of at least 4 members (excludes halogenated alkanes) is 21. The number of phosphoric ester groups is 1. The zero-order valence-electron chi connectivity index (χ0n) is 45.3. The van der Waals surface area contributed by atoms with Crippen LogP contribution in [0.25, 0.3) is 0 Å². The Bertz CT molecular complexity index is 1460. The van der Waals surface area contributed by atoms with Crippen LogP contribution in [0.5, 0.6) is 0 Å². The van der Waals surface area contributed by atoms with Crippen molar-refractivity contribution >= 4 is 19.7 Å². The Morgan fingerprint density at radius 3 is 1.39 bits per heavy atom. The highest BCUT2D eigenvalue weighted by molar-refractivity contribution is 7.47. The molecule has 0 bridgehead atoms. The lowest BCUT2D eigenvalue weighted by Gasteiger charge is -2.27. The van der Waals surface area contributed by atoms with E-state index in [0.717, 1.165) is 77.0 Å². The average Bonchev–Trinajstić information content (AvgIpc) is 3.31. The van der Waals surface area contributed by atoms with Crippen LogP contribution in [0.2, 0.25) is 0 Å². The topological polar surface area (TPSA) is 111 Å². The number of hydrogen-bond donors (Lipinski definition) is 2. The van der Waals surface area contributed by atoms with Crippen LogP contribution in [0, 0.1) is 0 Å². The van der Waals surface area contributed by atoms with E-state index >= 15 is 0 Å². The summed E-state index contributed by atoms with van der Waals surface area (Å²) in [6.45, 7) is 6.82. The summed E-state index contributed by atoms with van der Waals surface area (Å²) in [5, 5.41) is 2.99. The first-order chi connectivity index (χ1) is 33.4. The molecule has 0 aromatic carbocycles. The van der Waals surface area contributed by atoms with E-state index in [2.05, 4.69) is 92.9 Å². The van der Waals surface area contributed by atoms with Crippen LogP contribution in [0.4, 0.5) is 0 Å². The van der Waals surface area contributed by atoms with Gasteiger partial charge in [-0.25, -0.2) is 4.57 Å². The molecule has 3 atom stereocenters. The smallest absolute Gasteiger partial charge is 0.456 e. The van der Waals surface area contributed by atoms with Gasteiger partial charge in [0.05, 0.1) is 33.8 Å². The molecule has 3 unspecified atom stereocenters. The van der Waals surface area contributed by atoms with Crippen molar-refractivity contribution in [1.82, 2.24) is 5.32 Å². The fourth-order valence-corrected chi connectivity index (χ4v) is 8.29. The summed E-state index contributed by atoms with van der Waals surface area (Å²) in [6.07, 6.45) is 63.1. The standard InChI is InChI=1S/C59H105N2O7P/c1-7-10-13-16-19-22-25-27-28-29-30-31-32-34-37-39-42-45-48-51-58(62)60-56(55-67-69(64,65)66-54-53-61(4,5)6)57(50-47-44-41-38-36-33-26-23-20-17-14-11-8-2)68-59(63)52-49-46-43-40-35-24-21-18-15-12-9-3/h10,13,19,22,27-28,30-31,34,37,42,45,47,50,56-57H,7-9,11-12,14-18,20-21,23-26,29,32-33,35-36,38-41,43-44,46,48-49,51-55H2,1-6H3,(H-,60,62,64,65)/p+1/b13-10-,22-19-,28-27-,31-30-,37-34-,45-42-,50-47+. The van der Waals surface area contributed by atoms with E-state index in [0.29, 0.717) is 17.4 Å². The quantitative estimate of drug-likeness (QED) is 0.0205. The average molecular weight is 986 g/mol. The molecule has 0 fully saturated rings. The predicted octanol–water partition coefficient (Wildman–Crippen LogP) is 16.7. The van der Waals surface area contributed by atoms with Gasteiger partial charge in [-0.05, 0) is 70.3 Å². The minimum atomic E-state index is -4.46. The monoisotopic (exact) mass is 986 g/mol. The third-order valence-corrected chi connectivity index (χ3v) is 12.8. The summed E-state index contributed by atoms with van der Waals surface area (Å²) in [4.78, 5) is 37.5. The van der Waals surface area contributed by atoms with Gasteiger partial charge >= 0.3 is 13.8 Å². The number of ether oxygens (including phenoxy) is 1. The van der Waals surface area contributed by atoms with Gasteiger partial charge in [-0.1, -0.05) is 228 Å². The van der Waals surface area contributed by atoms with Crippen molar-refractivity contribution in [2.75, 3.05) is 40.9 Å². The second-order valence-electron chi connectivity index (χ2n) is 19.7. The summed E-state index contributed by atoms with van der Waals surface area (Å²) in [7, 11) is 1.44. The van der Waals surface area contributed by atoms with Crippen LogP contribution >= 0.6 is 7.82 Å². The van der Waals surface area contributed by atoms with Gasteiger partial charge in [0.15, 0.2) is 0 Å². The largest absolute Gasteiger partial charge is 0.472 e. The van der Waals surface area contributed by atoms with Crippen molar-refractivity contribution in [3.05, 3.63) is 85.1 Å². The van der Waals surface area contributed by atoms with Crippen molar-refractivity contribution in [2.24, 2.45) is 0 Å². The van der Waals surface area contributed by atoms with Gasteiger partial charge in [0, 0.05) is 12.8 Å². The highest BCUT2D eigenvalue weighted by Gasteiger charge is 2.30. The molecule has 1 amide bonds. The van der Waals surface area contributed by atoms with Gasteiger partial charge in [-0.3, -0.25) is 18.6 Å². The minimum Gasteiger partial charge on any atom is -0.456 e. The number of nitrogens with zero attached hydrogens (tertiary/aromatic N) is 1. The summed E-state index contributed by atoms with van der Waals surface area (Å²) in [5.41, 5.74) is 0. The first-order valence-electron chi connectivity index (χ1n) is 27.9. The van der Waals surface area contributed by atoms with Gasteiger partial charge in [-0.15, -0.1) is 0 Å². The number of likely N-dealkylation sites (N-methyl/N-ethyl adjacent to an activating group) is 1. The number of amides is 1. The summed E-state index contributed by atoms with van der Waals surface area (Å²) < 4.78 is 30.5. The van der Waals surface area contributed by atoms with Crippen LogP contribution in [-0.2, 0) is 27.9 Å². The molecule has 0 spiro atoms. The molecule has 0 saturated heterocycles. The van der Waals surface area contributed by atoms with E-state index in [-0.39, 0.29) is 37.9 Å². The van der Waals surface area contributed by atoms with Crippen molar-refractivity contribution in [1.29, 1.82) is 0 Å². The SMILES string of the molecule is CC/C=C\C/C=C\C/C=C\C/C=C\C/C=C\C/C=C\CCC(=O)NC(COP(=O)(O)OCC[N+](C)(C)C)C(/C=C/CCCCCCCCCCCCC)OC(=O)CCCCCCCCCCCCC. The van der Waals surface area contributed by atoms with Crippen molar-refractivity contribution in [3.8, 4) is 0 Å². The van der Waals surface area contributed by atoms with Crippen LogP contribution < -0.4 is 5.32 Å². The van der Waals surface area contributed by atoms with Crippen LogP contribution in [0.3, 0.4) is 0 Å². The van der Waals surface area contributed by atoms with Crippen LogP contribution in [0.1, 0.15) is 226 Å². The lowest BCUT2D eigenvalue weighted by Crippen LogP contribution is -2.47. The first kappa shape index (κ1) is 66.2. The molecule has 2 N–H and O–H groups in total. The number of quaternary nitrogens is 1. The molecule has 10 heteroatoms. The highest BCUT2D eigenvalue weighted by Crippen LogP contribution is 2.43. The van der Waals surface area contributed by atoms with Gasteiger partial charge in [0.1, 0.15) is 19.3 Å². The Hall–Kier alpha value is -2.81. The third kappa shape index (κ3) is 49.9. The normalized spacial score (nSPS) is 14.5. The van der Waals surface area contributed by atoms with Crippen LogP contribution in [-0.4, -0.2) is 74.3 Å². The molecule has 0 rings (SSSR count). The fraction of sp³-hybridized carbons (Fsp3) is 0.729. The number of rotatable bonds is 49. The Balaban J connectivity index is 5.49. The Morgan fingerprint density at radius 1 is 0.522 bits per heavy atom. The molecule has 0 aliphatic carbocycles. The van der Waals surface area contributed by atoms with Gasteiger partial charge in [-0.2, -0.15) is 0 Å². The Labute approximate surface area is 425 Å². The lowest BCUT2D eigenvalue weighted by molar-refractivity contribution is -0.870. The Morgan fingerprint density at radius 2 is 0.942 bits per heavy atom. The van der Waals surface area contributed by atoms with Crippen molar-refractivity contribution < 1.29 is 37.3 Å². The highest BCUT2D eigenvalue weighted by atomic mass is 31.2. The summed E-state index contributed by atoms with van der Waals surface area (Å²) in [5.74, 6) is -0.606. The lowest BCUT2D eigenvalue weighted by atomic mass is 10.0. The second-order valence-corrected chi connectivity index (χ2v) is 21.2. The van der Waals surface area contributed by atoms with E-state index in [1.165, 1.54) is 109 Å².